The summed E-state index contributed by atoms with van der Waals surface area (Å²) in [6, 6.07) is 2.95. The van der Waals surface area contributed by atoms with E-state index < -0.39 is 10.0 Å². The second-order valence-electron chi connectivity index (χ2n) is 4.41. The molecule has 21 heavy (non-hydrogen) atoms. The van der Waals surface area contributed by atoms with Crippen molar-refractivity contribution in [2.75, 3.05) is 20.1 Å². The van der Waals surface area contributed by atoms with E-state index in [4.69, 9.17) is 29.6 Å². The minimum atomic E-state index is -3.74. The number of nitrogens with one attached hydrogen (secondary N) is 1. The fourth-order valence-corrected chi connectivity index (χ4v) is 4.22. The van der Waals surface area contributed by atoms with Crippen molar-refractivity contribution in [3.63, 3.8) is 0 Å². The standard InChI is InChI=1S/C14H18Cl2N2O2S/c1-4-8-18(9-5-2)21(19,20)13-7-6-12(15)11(10-17-3)14(13)16/h1,6-7,17H,5,8-10H2,2-3H3. The van der Waals surface area contributed by atoms with Crippen LogP contribution in [0.1, 0.15) is 18.9 Å². The molecule has 0 aromatic heterocycles. The summed E-state index contributed by atoms with van der Waals surface area (Å²) in [5, 5.41) is 3.47. The Morgan fingerprint density at radius 2 is 2.05 bits per heavy atom. The zero-order valence-electron chi connectivity index (χ0n) is 12.0. The van der Waals surface area contributed by atoms with Crippen LogP contribution in [0, 0.1) is 12.3 Å². The van der Waals surface area contributed by atoms with Gasteiger partial charge < -0.3 is 5.32 Å². The van der Waals surface area contributed by atoms with Gasteiger partial charge in [-0.25, -0.2) is 8.42 Å². The number of terminal acetylenes is 1. The molecule has 0 heterocycles. The first-order valence-electron chi connectivity index (χ1n) is 6.45. The highest BCUT2D eigenvalue weighted by molar-refractivity contribution is 7.89. The zero-order valence-corrected chi connectivity index (χ0v) is 14.3. The summed E-state index contributed by atoms with van der Waals surface area (Å²) in [4.78, 5) is 0.0301. The summed E-state index contributed by atoms with van der Waals surface area (Å²) in [5.74, 6) is 2.36. The van der Waals surface area contributed by atoms with E-state index in [0.717, 1.165) is 0 Å². The molecule has 1 N–H and O–H groups in total. The van der Waals surface area contributed by atoms with Crippen LogP contribution in [0.15, 0.2) is 17.0 Å². The highest BCUT2D eigenvalue weighted by Crippen LogP contribution is 2.32. The normalized spacial score (nSPS) is 11.6. The van der Waals surface area contributed by atoms with E-state index >= 15 is 0 Å². The number of hydrogen-bond donors (Lipinski definition) is 1. The van der Waals surface area contributed by atoms with Crippen LogP contribution in [-0.2, 0) is 16.6 Å². The Morgan fingerprint density at radius 3 is 2.57 bits per heavy atom. The zero-order chi connectivity index (χ0) is 16.0. The lowest BCUT2D eigenvalue weighted by Gasteiger charge is -2.21. The third kappa shape index (κ3) is 4.12. The van der Waals surface area contributed by atoms with Crippen molar-refractivity contribution in [1.82, 2.24) is 9.62 Å². The molecule has 116 valence electrons. The number of sulfonamides is 1. The second kappa shape index (κ2) is 8.02. The molecule has 0 fully saturated rings. The maximum absolute atomic E-state index is 12.7. The van der Waals surface area contributed by atoms with Crippen molar-refractivity contribution in [3.05, 3.63) is 27.7 Å². The Morgan fingerprint density at radius 1 is 1.38 bits per heavy atom. The van der Waals surface area contributed by atoms with Gasteiger partial charge in [-0.2, -0.15) is 4.31 Å². The van der Waals surface area contributed by atoms with Crippen molar-refractivity contribution in [2.45, 2.75) is 24.8 Å². The van der Waals surface area contributed by atoms with Gasteiger partial charge in [-0.15, -0.1) is 6.42 Å². The largest absolute Gasteiger partial charge is 0.316 e. The molecule has 0 saturated heterocycles. The summed E-state index contributed by atoms with van der Waals surface area (Å²) in [6.07, 6.45) is 5.92. The molecule has 0 radical (unpaired) electrons. The van der Waals surface area contributed by atoms with Gasteiger partial charge in [0.15, 0.2) is 0 Å². The highest BCUT2D eigenvalue weighted by atomic mass is 35.5. The van der Waals surface area contributed by atoms with Crippen LogP contribution in [0.25, 0.3) is 0 Å². The predicted molar refractivity (Wildman–Crippen MR) is 87.1 cm³/mol. The number of halogens is 2. The van der Waals surface area contributed by atoms with Gasteiger partial charge in [-0.05, 0) is 25.6 Å². The number of benzene rings is 1. The van der Waals surface area contributed by atoms with Crippen LogP contribution < -0.4 is 5.32 Å². The van der Waals surface area contributed by atoms with E-state index in [2.05, 4.69) is 11.2 Å². The van der Waals surface area contributed by atoms with Gasteiger partial charge in [-0.1, -0.05) is 36.0 Å². The predicted octanol–water partition coefficient (Wildman–Crippen LogP) is 2.75. The quantitative estimate of drug-likeness (QED) is 0.770. The molecule has 0 amide bonds. The Labute approximate surface area is 136 Å². The summed E-state index contributed by atoms with van der Waals surface area (Å²) in [5.41, 5.74) is 0.555. The Bertz CT molecular complexity index is 639. The van der Waals surface area contributed by atoms with Gasteiger partial charge in [0.1, 0.15) is 4.90 Å². The highest BCUT2D eigenvalue weighted by Gasteiger charge is 2.27. The Balaban J connectivity index is 3.37. The van der Waals surface area contributed by atoms with Gasteiger partial charge in [0.25, 0.3) is 0 Å². The lowest BCUT2D eigenvalue weighted by atomic mass is 10.2. The van der Waals surface area contributed by atoms with Crippen molar-refractivity contribution in [2.24, 2.45) is 0 Å². The number of nitrogens with zero attached hydrogens (tertiary/aromatic N) is 1. The Hall–Kier alpha value is -0.770. The average Bonchev–Trinajstić information content (AvgIpc) is 2.43. The van der Waals surface area contributed by atoms with E-state index in [1.165, 1.54) is 16.4 Å². The van der Waals surface area contributed by atoms with Crippen LogP contribution in [0.3, 0.4) is 0 Å². The van der Waals surface area contributed by atoms with Crippen LogP contribution in [0.4, 0.5) is 0 Å². The molecule has 1 aromatic carbocycles. The smallest absolute Gasteiger partial charge is 0.245 e. The molecular weight excluding hydrogens is 331 g/mol. The molecule has 0 atom stereocenters. The van der Waals surface area contributed by atoms with Gasteiger partial charge in [0, 0.05) is 23.7 Å². The summed E-state index contributed by atoms with van der Waals surface area (Å²) >= 11 is 12.3. The van der Waals surface area contributed by atoms with E-state index in [0.29, 0.717) is 30.1 Å². The first-order chi connectivity index (χ1) is 9.89. The molecule has 0 aliphatic carbocycles. The molecule has 0 aliphatic heterocycles. The molecular formula is C14H18Cl2N2O2S. The third-order valence-electron chi connectivity index (χ3n) is 2.86. The molecule has 7 heteroatoms. The maximum Gasteiger partial charge on any atom is 0.245 e. The lowest BCUT2D eigenvalue weighted by Crippen LogP contribution is -2.32. The van der Waals surface area contributed by atoms with Crippen LogP contribution in [0.5, 0.6) is 0 Å². The lowest BCUT2D eigenvalue weighted by molar-refractivity contribution is 0.445. The molecule has 1 aromatic rings. The third-order valence-corrected chi connectivity index (χ3v) is 5.65. The molecule has 1 rings (SSSR count). The van der Waals surface area contributed by atoms with Gasteiger partial charge in [0.2, 0.25) is 10.0 Å². The first kappa shape index (κ1) is 18.3. The fourth-order valence-electron chi connectivity index (χ4n) is 1.89. The Kier molecular flexibility index (Phi) is 6.98. The van der Waals surface area contributed by atoms with Crippen molar-refractivity contribution in [1.29, 1.82) is 0 Å². The van der Waals surface area contributed by atoms with Gasteiger partial charge in [-0.3, -0.25) is 0 Å². The van der Waals surface area contributed by atoms with Crippen LogP contribution in [-0.4, -0.2) is 32.9 Å². The molecule has 0 spiro atoms. The van der Waals surface area contributed by atoms with E-state index in [-0.39, 0.29) is 16.5 Å². The monoisotopic (exact) mass is 348 g/mol. The minimum absolute atomic E-state index is 0.0104. The topological polar surface area (TPSA) is 49.4 Å². The second-order valence-corrected chi connectivity index (χ2v) is 7.10. The average molecular weight is 349 g/mol. The minimum Gasteiger partial charge on any atom is -0.316 e. The summed E-state index contributed by atoms with van der Waals surface area (Å²) in [7, 11) is -2.01. The summed E-state index contributed by atoms with van der Waals surface area (Å²) < 4.78 is 26.6. The van der Waals surface area contributed by atoms with Crippen molar-refractivity contribution >= 4 is 33.2 Å². The van der Waals surface area contributed by atoms with E-state index in [9.17, 15) is 8.42 Å². The molecule has 0 aliphatic rings. The van der Waals surface area contributed by atoms with E-state index in [1.807, 2.05) is 6.92 Å². The van der Waals surface area contributed by atoms with Crippen molar-refractivity contribution < 1.29 is 8.42 Å². The number of rotatable bonds is 7. The van der Waals surface area contributed by atoms with Crippen LogP contribution in [0.2, 0.25) is 10.0 Å². The van der Waals surface area contributed by atoms with Gasteiger partial charge in [0.05, 0.1) is 11.6 Å². The molecule has 4 nitrogen and oxygen atoms in total. The maximum atomic E-state index is 12.7. The van der Waals surface area contributed by atoms with Crippen molar-refractivity contribution in [3.8, 4) is 12.3 Å². The molecule has 0 bridgehead atoms. The van der Waals surface area contributed by atoms with E-state index in [1.54, 1.807) is 7.05 Å². The molecule has 0 saturated carbocycles. The van der Waals surface area contributed by atoms with Crippen LogP contribution >= 0.6 is 23.2 Å². The summed E-state index contributed by atoms with van der Waals surface area (Å²) in [6.45, 7) is 2.61. The SMILES string of the molecule is C#CCN(CCC)S(=O)(=O)c1ccc(Cl)c(CNC)c1Cl. The molecule has 0 unspecified atom stereocenters. The van der Waals surface area contributed by atoms with Gasteiger partial charge >= 0.3 is 0 Å². The number of hydrogen-bond acceptors (Lipinski definition) is 3. The first-order valence-corrected chi connectivity index (χ1v) is 8.64. The fraction of sp³-hybridized carbons (Fsp3) is 0.429.